The van der Waals surface area contributed by atoms with Crippen LogP contribution < -0.4 is 18.3 Å². The van der Waals surface area contributed by atoms with Crippen molar-refractivity contribution in [1.29, 1.82) is 0 Å². The number of para-hydroxylation sites is 8. The van der Waals surface area contributed by atoms with Gasteiger partial charge < -0.3 is 17.7 Å². The minimum Gasteiger partial charge on any atom is -0.452 e. The monoisotopic (exact) mass is 1840 g/mol. The largest absolute Gasteiger partial charge is 0.452 e. The van der Waals surface area contributed by atoms with Crippen molar-refractivity contribution >= 4 is 193 Å². The van der Waals surface area contributed by atoms with Crippen LogP contribution in [0.2, 0.25) is 0 Å². The van der Waals surface area contributed by atoms with Crippen LogP contribution in [0, 0.1) is 104 Å². The first-order valence-corrected chi connectivity index (χ1v) is 48.9. The van der Waals surface area contributed by atoms with Crippen LogP contribution in [0.25, 0.3) is 216 Å². The second kappa shape index (κ2) is 32.3. The molecule has 662 valence electrons. The fraction of sp³-hybridized carbons (Fsp3) is 0.165. The Kier molecular flexibility index (Phi) is 20.2. The molecule has 20 heteroatoms. The second-order valence-electron chi connectivity index (χ2n) is 36.4. The van der Waals surface area contributed by atoms with E-state index in [1.807, 2.05) is 83.5 Å². The van der Waals surface area contributed by atoms with Gasteiger partial charge in [0.1, 0.15) is 68.3 Å². The summed E-state index contributed by atoms with van der Waals surface area (Å²) in [7, 11) is 8.55. The highest BCUT2D eigenvalue weighted by molar-refractivity contribution is 7.37. The van der Waals surface area contributed by atoms with E-state index in [9.17, 15) is 0 Å². The Bertz CT molecular complexity index is 9420. The molecule has 0 saturated heterocycles. The second-order valence-corrected chi connectivity index (χ2v) is 40.5. The fourth-order valence-electron chi connectivity index (χ4n) is 20.6. The molecular formula is C115H98N12O4S4+4. The van der Waals surface area contributed by atoms with Crippen molar-refractivity contribution in [3.8, 4) is 68.3 Å². The molecular weight excluding hydrogens is 1740 g/mol. The van der Waals surface area contributed by atoms with Gasteiger partial charge in [-0.2, -0.15) is 18.3 Å². The van der Waals surface area contributed by atoms with E-state index < -0.39 is 0 Å². The third kappa shape index (κ3) is 13.5. The lowest BCUT2D eigenvalue weighted by molar-refractivity contribution is -0.659. The number of benzene rings is 10. The topological polar surface area (TPSA) is 139 Å². The van der Waals surface area contributed by atoms with E-state index in [2.05, 4.69) is 390 Å². The zero-order valence-corrected chi connectivity index (χ0v) is 82.1. The molecule has 0 radical (unpaired) electrons. The van der Waals surface area contributed by atoms with Crippen molar-refractivity contribution in [3.05, 3.63) is 333 Å². The number of thiophene rings is 4. The Morgan fingerprint density at radius 1 is 0.281 bits per heavy atom. The molecule has 0 spiro atoms. The van der Waals surface area contributed by atoms with Gasteiger partial charge in [0, 0.05) is 49.0 Å². The van der Waals surface area contributed by atoms with Gasteiger partial charge in [-0.1, -0.05) is 115 Å². The van der Waals surface area contributed by atoms with Crippen LogP contribution in [-0.2, 0) is 28.2 Å². The summed E-state index contributed by atoms with van der Waals surface area (Å²) in [5, 5.41) is 8.96. The highest BCUT2D eigenvalue weighted by Crippen LogP contribution is 2.51. The van der Waals surface area contributed by atoms with Crippen LogP contribution in [0.1, 0.15) is 84.0 Å². The molecule has 26 aromatic rings. The van der Waals surface area contributed by atoms with Gasteiger partial charge in [0.25, 0.3) is 23.3 Å². The minimum absolute atomic E-state index is 0.613. The van der Waals surface area contributed by atoms with E-state index in [0.717, 1.165) is 138 Å². The number of nitrogens with zero attached hydrogens (tertiary/aromatic N) is 12. The van der Waals surface area contributed by atoms with Gasteiger partial charge in [-0.3, -0.25) is 0 Å². The number of furan rings is 4. The van der Waals surface area contributed by atoms with Crippen LogP contribution in [0.5, 0.6) is 0 Å². The van der Waals surface area contributed by atoms with Crippen LogP contribution >= 0.6 is 45.3 Å². The van der Waals surface area contributed by atoms with Crippen molar-refractivity contribution in [2.24, 2.45) is 28.2 Å². The maximum atomic E-state index is 6.62. The van der Waals surface area contributed by atoms with Gasteiger partial charge in [0.2, 0.25) is 11.4 Å². The molecule has 0 fully saturated rings. The third-order valence-electron chi connectivity index (χ3n) is 27.1. The molecule has 135 heavy (non-hydrogen) atoms. The Balaban J connectivity index is 0.000000102. The number of fused-ring (bicyclic) bond motifs is 22. The molecule has 0 amide bonds. The molecule has 0 aliphatic carbocycles. The maximum Gasteiger partial charge on any atom is 0.298 e. The Morgan fingerprint density at radius 3 is 1.30 bits per heavy atom. The third-order valence-corrected chi connectivity index (χ3v) is 32.1. The number of hydrogen-bond acceptors (Lipinski definition) is 12. The summed E-state index contributed by atoms with van der Waals surface area (Å²) < 4.78 is 52.0. The van der Waals surface area contributed by atoms with Gasteiger partial charge in [-0.25, -0.2) is 38.2 Å². The number of hydrogen-bond donors (Lipinski definition) is 0. The smallest absolute Gasteiger partial charge is 0.298 e. The summed E-state index contributed by atoms with van der Waals surface area (Å²) in [6.45, 7) is 32.1. The van der Waals surface area contributed by atoms with E-state index >= 15 is 0 Å². The summed E-state index contributed by atoms with van der Waals surface area (Å²) >= 11 is 7.44. The highest BCUT2D eigenvalue weighted by Gasteiger charge is 2.36. The number of pyridine rings is 4. The number of aromatic nitrogens is 12. The number of imidazole rings is 4. The van der Waals surface area contributed by atoms with Crippen LogP contribution in [0.4, 0.5) is 0 Å². The van der Waals surface area contributed by atoms with Crippen molar-refractivity contribution in [3.63, 3.8) is 0 Å². The van der Waals surface area contributed by atoms with E-state index in [4.69, 9.17) is 27.6 Å². The lowest BCUT2D eigenvalue weighted by Crippen LogP contribution is -2.30. The first-order valence-electron chi connectivity index (χ1n) is 45.6. The number of aryl methyl sites for hydroxylation is 19. The summed E-state index contributed by atoms with van der Waals surface area (Å²) in [4.78, 5) is 20.9. The van der Waals surface area contributed by atoms with Crippen molar-refractivity contribution in [1.82, 2.24) is 38.2 Å². The quantitative estimate of drug-likeness (QED) is 0.137. The average Bonchev–Trinajstić information content (AvgIpc) is 1.54. The molecule has 0 atom stereocenters. The summed E-state index contributed by atoms with van der Waals surface area (Å²) in [5.41, 5.74) is 37.9. The van der Waals surface area contributed by atoms with Crippen LogP contribution in [0.3, 0.4) is 0 Å². The van der Waals surface area contributed by atoms with Gasteiger partial charge in [-0.05, 0) is 274 Å². The molecule has 0 aliphatic heterocycles. The van der Waals surface area contributed by atoms with Gasteiger partial charge in [-0.15, -0.1) is 45.3 Å². The Labute approximate surface area is 795 Å². The van der Waals surface area contributed by atoms with Gasteiger partial charge in [0.05, 0.1) is 89.9 Å². The fourth-order valence-corrected chi connectivity index (χ4v) is 26.1. The van der Waals surface area contributed by atoms with E-state index in [-0.39, 0.29) is 0 Å². The molecule has 10 aromatic carbocycles. The number of rotatable bonds is 8. The Morgan fingerprint density at radius 2 is 0.711 bits per heavy atom. The lowest BCUT2D eigenvalue weighted by atomic mass is 10.0. The van der Waals surface area contributed by atoms with E-state index in [1.54, 1.807) is 0 Å². The average molecular weight is 1840 g/mol. The van der Waals surface area contributed by atoms with E-state index in [0.29, 0.717) is 11.4 Å². The van der Waals surface area contributed by atoms with Crippen LogP contribution in [-0.4, -0.2) is 38.2 Å². The van der Waals surface area contributed by atoms with Crippen molar-refractivity contribution in [2.75, 3.05) is 0 Å². The molecule has 16 heterocycles. The molecule has 0 saturated carbocycles. The Hall–Kier alpha value is -14.8. The standard InChI is InChI=1S/C31H26N3O2.C30H24N3O2.2C27H24N3S2/c1-17-9-8-10-18(2)27(17)34-25-12-7-6-11-24(25)33(5)31(34)22-16-26-23(15-19(22)3)29-28(35-26)21-14-13-20(4)32-30(21)36-29;1-17-9-5-6-10-22(17)33-24-12-8-7-11-23(24)32(4)30(33)25-18(2)13-15-20-26(25)34-28-21-16-14-19(3)31-29(21)35-27(20)28;1-15-9-11-19-23(31-25-20-12-10-18(4)28-26(20)32-24(19)25)21(15)27-29(5)13-14-30(27)22-16(2)7-6-8-17(22)3;1-15-7-6-8-16(2)23(15)30-12-11-29(5)27(30)20-14-22-21(13-17(20)3)25-24(31-22)19-10-9-18(4)28-26(19)32-25/h6-16H,1-5H3;5-16H,1-4H3;2*6-14H,1-5H3/q4*+1. The molecule has 0 aliphatic rings. The normalized spacial score (nSPS) is 12.0. The molecule has 16 nitrogen and oxygen atoms in total. The van der Waals surface area contributed by atoms with Crippen molar-refractivity contribution in [2.45, 2.75) is 104 Å². The predicted molar refractivity (Wildman–Crippen MR) is 557 cm³/mol. The SMILES string of the molecule is Cc1ccc2c(n1)oc1c3cc(C)c(-c4n(-c5c(C)cccc5C)c5ccccc5[n+]4C)cc3oc21.Cc1ccc2c(n1)oc1c3ccc(C)c(-c4n(-c5ccccc5C)c5ccccc5[n+]4C)c3oc21.Cc1ccc2c(n1)sc1c3cc(C)c(-c4n(-c5c(C)cccc5C)cc[n+]4C)cc3sc21.Cc1ccc2c(n1)sc1c3ccc(C)c(-c4n(-c5c(C)cccc5C)cc[n+]4C)c3sc21. The summed E-state index contributed by atoms with van der Waals surface area (Å²) in [5.74, 6) is 4.61. The maximum absolute atomic E-state index is 6.62. The minimum atomic E-state index is 0.613. The highest BCUT2D eigenvalue weighted by atomic mass is 32.1. The molecule has 26 rings (SSSR count). The van der Waals surface area contributed by atoms with E-state index in [1.165, 1.54) is 151 Å². The zero-order chi connectivity index (χ0) is 92.8. The molecule has 0 bridgehead atoms. The lowest BCUT2D eigenvalue weighted by Gasteiger charge is -2.11. The zero-order valence-electron chi connectivity index (χ0n) is 78.8. The van der Waals surface area contributed by atoms with Crippen molar-refractivity contribution < 1.29 is 35.9 Å². The molecule has 0 N–H and O–H groups in total. The summed E-state index contributed by atoms with van der Waals surface area (Å²) in [6.07, 6.45) is 8.70. The first kappa shape index (κ1) is 84.5. The predicted octanol–water partition coefficient (Wildman–Crippen LogP) is 28.8. The molecule has 0 unspecified atom stereocenters. The first-order chi connectivity index (χ1) is 65.3. The van der Waals surface area contributed by atoms with Crippen LogP contribution in [0.15, 0.2) is 267 Å². The van der Waals surface area contributed by atoms with Gasteiger partial charge in [0.15, 0.2) is 50.0 Å². The summed E-state index contributed by atoms with van der Waals surface area (Å²) in [6, 6.07) is 79.8. The molecule has 16 aromatic heterocycles. The van der Waals surface area contributed by atoms with Gasteiger partial charge >= 0.3 is 0 Å².